The van der Waals surface area contributed by atoms with Gasteiger partial charge in [0.1, 0.15) is 0 Å². The molecule has 0 atom stereocenters. The van der Waals surface area contributed by atoms with Gasteiger partial charge in [-0.25, -0.2) is 0 Å². The molecule has 0 aromatic carbocycles. The van der Waals surface area contributed by atoms with Crippen LogP contribution < -0.4 is 0 Å². The third-order valence-electron chi connectivity index (χ3n) is 3.11. The first kappa shape index (κ1) is 13.8. The molecule has 0 spiro atoms. The fraction of sp³-hybridized carbons (Fsp3) is 0.846. The standard InChI is InChI=1S/C13H25O2Si/c1-12(2)16(14-3)15-11-10-13-8-6-4-5-7-9-13/h10-13H,4-9H2,1-3H3. The smallest absolute Gasteiger partial charge is 0.460 e. The van der Waals surface area contributed by atoms with Crippen LogP contribution in [0.1, 0.15) is 52.4 Å². The molecular formula is C13H25O2Si. The molecule has 0 heterocycles. The molecule has 1 fully saturated rings. The van der Waals surface area contributed by atoms with Crippen molar-refractivity contribution >= 4 is 9.28 Å². The average Bonchev–Trinajstić information content (AvgIpc) is 2.52. The molecule has 3 heteroatoms. The first-order valence-corrected chi connectivity index (χ1v) is 7.87. The molecule has 0 bridgehead atoms. The van der Waals surface area contributed by atoms with Crippen LogP contribution in [-0.2, 0) is 8.85 Å². The summed E-state index contributed by atoms with van der Waals surface area (Å²) in [5.74, 6) is 0.731. The molecule has 0 N–H and O–H groups in total. The van der Waals surface area contributed by atoms with Crippen LogP contribution in [0.3, 0.4) is 0 Å². The lowest BCUT2D eigenvalue weighted by atomic mass is 10.0. The number of hydrogen-bond donors (Lipinski definition) is 0. The third kappa shape index (κ3) is 5.17. The van der Waals surface area contributed by atoms with E-state index in [0.29, 0.717) is 5.54 Å². The zero-order valence-electron chi connectivity index (χ0n) is 10.9. The van der Waals surface area contributed by atoms with Crippen LogP contribution >= 0.6 is 0 Å². The SMILES string of the molecule is CO[Si](OC=CC1CCCCCC1)C(C)C. The number of rotatable bonds is 5. The maximum Gasteiger partial charge on any atom is 0.460 e. The van der Waals surface area contributed by atoms with E-state index in [4.69, 9.17) is 8.85 Å². The van der Waals surface area contributed by atoms with Crippen molar-refractivity contribution < 1.29 is 8.85 Å². The predicted octanol–water partition coefficient (Wildman–Crippen LogP) is 4.03. The Morgan fingerprint density at radius 3 is 2.25 bits per heavy atom. The van der Waals surface area contributed by atoms with Gasteiger partial charge in [0.05, 0.1) is 6.26 Å². The number of allylic oxidation sites excluding steroid dienone is 1. The summed E-state index contributed by atoms with van der Waals surface area (Å²) < 4.78 is 11.0. The van der Waals surface area contributed by atoms with Crippen LogP contribution in [0.4, 0.5) is 0 Å². The van der Waals surface area contributed by atoms with E-state index in [1.165, 1.54) is 38.5 Å². The minimum atomic E-state index is -1.10. The molecule has 1 saturated carbocycles. The summed E-state index contributed by atoms with van der Waals surface area (Å²) in [6.07, 6.45) is 12.4. The van der Waals surface area contributed by atoms with Gasteiger partial charge in [0.2, 0.25) is 0 Å². The zero-order valence-corrected chi connectivity index (χ0v) is 11.9. The molecule has 0 amide bonds. The van der Waals surface area contributed by atoms with E-state index in [9.17, 15) is 0 Å². The second kappa shape index (κ2) is 7.90. The summed E-state index contributed by atoms with van der Waals surface area (Å²) in [7, 11) is 0.647. The summed E-state index contributed by atoms with van der Waals surface area (Å²) in [6.45, 7) is 4.30. The molecule has 1 radical (unpaired) electrons. The van der Waals surface area contributed by atoms with Crippen LogP contribution in [0, 0.1) is 5.92 Å². The van der Waals surface area contributed by atoms with Crippen molar-refractivity contribution in [2.45, 2.75) is 57.9 Å². The van der Waals surface area contributed by atoms with Gasteiger partial charge in [0, 0.05) is 12.7 Å². The molecule has 0 aromatic rings. The normalized spacial score (nSPS) is 19.6. The summed E-state index contributed by atoms with van der Waals surface area (Å²) >= 11 is 0. The largest absolute Gasteiger partial charge is 0.525 e. The molecule has 16 heavy (non-hydrogen) atoms. The molecule has 0 aromatic heterocycles. The van der Waals surface area contributed by atoms with Crippen molar-refractivity contribution in [1.82, 2.24) is 0 Å². The fourth-order valence-corrected chi connectivity index (χ4v) is 3.19. The second-order valence-electron chi connectivity index (χ2n) is 4.88. The van der Waals surface area contributed by atoms with Crippen molar-refractivity contribution in [3.8, 4) is 0 Å². The van der Waals surface area contributed by atoms with Crippen molar-refractivity contribution in [1.29, 1.82) is 0 Å². The summed E-state index contributed by atoms with van der Waals surface area (Å²) in [5, 5.41) is 0. The topological polar surface area (TPSA) is 18.5 Å². The molecule has 0 unspecified atom stereocenters. The lowest BCUT2D eigenvalue weighted by Gasteiger charge is -2.14. The van der Waals surface area contributed by atoms with Crippen LogP contribution in [0.5, 0.6) is 0 Å². The molecule has 0 aliphatic heterocycles. The van der Waals surface area contributed by atoms with Crippen LogP contribution in [0.2, 0.25) is 5.54 Å². The molecular weight excluding hydrogens is 216 g/mol. The first-order chi connectivity index (χ1) is 7.74. The minimum absolute atomic E-state index is 0.494. The summed E-state index contributed by atoms with van der Waals surface area (Å²) in [6, 6.07) is 0. The highest BCUT2D eigenvalue weighted by atomic mass is 28.3. The molecule has 0 saturated heterocycles. The quantitative estimate of drug-likeness (QED) is 0.411. The molecule has 1 rings (SSSR count). The fourth-order valence-electron chi connectivity index (χ4n) is 2.14. The van der Waals surface area contributed by atoms with Crippen molar-refractivity contribution in [3.05, 3.63) is 12.3 Å². The monoisotopic (exact) mass is 241 g/mol. The van der Waals surface area contributed by atoms with Gasteiger partial charge in [0.15, 0.2) is 0 Å². The van der Waals surface area contributed by atoms with Crippen molar-refractivity contribution in [2.24, 2.45) is 5.92 Å². The van der Waals surface area contributed by atoms with E-state index < -0.39 is 9.28 Å². The van der Waals surface area contributed by atoms with Gasteiger partial charge >= 0.3 is 9.28 Å². The lowest BCUT2D eigenvalue weighted by Crippen LogP contribution is -2.22. The Balaban J connectivity index is 2.28. The van der Waals surface area contributed by atoms with E-state index in [-0.39, 0.29) is 0 Å². The Bertz CT molecular complexity index is 196. The zero-order chi connectivity index (χ0) is 11.8. The third-order valence-corrected chi connectivity index (χ3v) is 4.82. The first-order valence-electron chi connectivity index (χ1n) is 6.48. The van der Waals surface area contributed by atoms with E-state index in [1.807, 2.05) is 6.26 Å². The Hall–Kier alpha value is -0.283. The van der Waals surface area contributed by atoms with E-state index in [2.05, 4.69) is 19.9 Å². The Kier molecular flexibility index (Phi) is 6.81. The summed E-state index contributed by atoms with van der Waals surface area (Å²) in [4.78, 5) is 0. The van der Waals surface area contributed by atoms with Crippen molar-refractivity contribution in [3.63, 3.8) is 0 Å². The second-order valence-corrected chi connectivity index (χ2v) is 7.31. The van der Waals surface area contributed by atoms with Gasteiger partial charge in [-0.15, -0.1) is 0 Å². The highest BCUT2D eigenvalue weighted by Gasteiger charge is 2.19. The van der Waals surface area contributed by atoms with Gasteiger partial charge < -0.3 is 8.85 Å². The Morgan fingerprint density at radius 2 is 1.75 bits per heavy atom. The van der Waals surface area contributed by atoms with E-state index in [1.54, 1.807) is 7.11 Å². The average molecular weight is 241 g/mol. The Morgan fingerprint density at radius 1 is 1.12 bits per heavy atom. The maximum atomic E-state index is 5.70. The van der Waals surface area contributed by atoms with E-state index >= 15 is 0 Å². The lowest BCUT2D eigenvalue weighted by molar-refractivity contribution is 0.295. The number of hydrogen-bond acceptors (Lipinski definition) is 2. The molecule has 1 aliphatic carbocycles. The maximum absolute atomic E-state index is 5.70. The van der Waals surface area contributed by atoms with Gasteiger partial charge in [0.25, 0.3) is 0 Å². The van der Waals surface area contributed by atoms with Gasteiger partial charge in [-0.3, -0.25) is 0 Å². The van der Waals surface area contributed by atoms with E-state index in [0.717, 1.165) is 5.92 Å². The van der Waals surface area contributed by atoms with Crippen LogP contribution in [-0.4, -0.2) is 16.4 Å². The highest BCUT2D eigenvalue weighted by molar-refractivity contribution is 6.46. The molecule has 93 valence electrons. The van der Waals surface area contributed by atoms with Crippen LogP contribution in [0.15, 0.2) is 12.3 Å². The Labute approximate surface area is 102 Å². The highest BCUT2D eigenvalue weighted by Crippen LogP contribution is 2.23. The van der Waals surface area contributed by atoms with Gasteiger partial charge in [-0.2, -0.15) is 0 Å². The van der Waals surface area contributed by atoms with Crippen LogP contribution in [0.25, 0.3) is 0 Å². The summed E-state index contributed by atoms with van der Waals surface area (Å²) in [5.41, 5.74) is 0.494. The minimum Gasteiger partial charge on any atom is -0.525 e. The van der Waals surface area contributed by atoms with Gasteiger partial charge in [-0.1, -0.05) is 39.5 Å². The molecule has 1 aliphatic rings. The molecule has 2 nitrogen and oxygen atoms in total. The van der Waals surface area contributed by atoms with Gasteiger partial charge in [-0.05, 0) is 24.8 Å². The predicted molar refractivity (Wildman–Crippen MR) is 69.3 cm³/mol. The van der Waals surface area contributed by atoms with Crippen molar-refractivity contribution in [2.75, 3.05) is 7.11 Å².